The van der Waals surface area contributed by atoms with Crippen LogP contribution in [0, 0.1) is 10.1 Å². The molecule has 0 aromatic heterocycles. The average molecular weight is 265 g/mol. The van der Waals surface area contributed by atoms with Crippen LogP contribution in [0.1, 0.15) is 36.0 Å². The van der Waals surface area contributed by atoms with Crippen LogP contribution in [0.3, 0.4) is 0 Å². The number of benzene rings is 1. The van der Waals surface area contributed by atoms with Gasteiger partial charge in [-0.15, -0.1) is 0 Å². The SMILES string of the molecule is COc1ccc(C=O)c([N+](=O)[O-])c1OC1CCCC1. The largest absolute Gasteiger partial charge is 0.493 e. The molecule has 6 nitrogen and oxygen atoms in total. The minimum absolute atomic E-state index is 0.00111. The van der Waals surface area contributed by atoms with Gasteiger partial charge in [-0.3, -0.25) is 14.9 Å². The van der Waals surface area contributed by atoms with Crippen molar-refractivity contribution < 1.29 is 19.2 Å². The van der Waals surface area contributed by atoms with Gasteiger partial charge in [-0.25, -0.2) is 0 Å². The number of carbonyl (C=O) groups excluding carboxylic acids is 1. The normalized spacial score (nSPS) is 15.2. The molecule has 0 spiro atoms. The van der Waals surface area contributed by atoms with Crippen LogP contribution in [0.4, 0.5) is 5.69 Å². The molecule has 0 amide bonds. The Balaban J connectivity index is 2.46. The third kappa shape index (κ3) is 2.67. The van der Waals surface area contributed by atoms with Crippen LogP contribution in [0.15, 0.2) is 12.1 Å². The second-order valence-electron chi connectivity index (χ2n) is 4.43. The minimum Gasteiger partial charge on any atom is -0.493 e. The molecule has 0 saturated heterocycles. The molecule has 1 aliphatic rings. The number of hydrogen-bond donors (Lipinski definition) is 0. The summed E-state index contributed by atoms with van der Waals surface area (Å²) >= 11 is 0. The van der Waals surface area contributed by atoms with Gasteiger partial charge in [0, 0.05) is 0 Å². The van der Waals surface area contributed by atoms with Gasteiger partial charge in [-0.2, -0.15) is 0 Å². The number of hydrogen-bond acceptors (Lipinski definition) is 5. The van der Waals surface area contributed by atoms with E-state index >= 15 is 0 Å². The maximum absolute atomic E-state index is 11.2. The summed E-state index contributed by atoms with van der Waals surface area (Å²) < 4.78 is 10.8. The summed E-state index contributed by atoms with van der Waals surface area (Å²) in [5.41, 5.74) is -0.319. The first-order chi connectivity index (χ1) is 9.17. The van der Waals surface area contributed by atoms with Crippen LogP contribution in [-0.4, -0.2) is 24.4 Å². The Morgan fingerprint density at radius 2 is 2.05 bits per heavy atom. The van der Waals surface area contributed by atoms with E-state index < -0.39 is 4.92 Å². The van der Waals surface area contributed by atoms with Crippen LogP contribution < -0.4 is 9.47 Å². The second-order valence-corrected chi connectivity index (χ2v) is 4.43. The van der Waals surface area contributed by atoms with Crippen LogP contribution >= 0.6 is 0 Å². The van der Waals surface area contributed by atoms with E-state index in [0.29, 0.717) is 6.29 Å². The second kappa shape index (κ2) is 5.69. The van der Waals surface area contributed by atoms with E-state index in [1.165, 1.54) is 19.2 Å². The monoisotopic (exact) mass is 265 g/mol. The van der Waals surface area contributed by atoms with Crippen molar-refractivity contribution in [1.82, 2.24) is 0 Å². The fourth-order valence-electron chi connectivity index (χ4n) is 2.30. The maximum Gasteiger partial charge on any atom is 0.325 e. The molecule has 2 rings (SSSR count). The van der Waals surface area contributed by atoms with Gasteiger partial charge < -0.3 is 9.47 Å². The Morgan fingerprint density at radius 3 is 2.58 bits per heavy atom. The Hall–Kier alpha value is -2.11. The number of carbonyl (C=O) groups is 1. The topological polar surface area (TPSA) is 78.7 Å². The highest BCUT2D eigenvalue weighted by Crippen LogP contribution is 2.41. The number of nitrogens with zero attached hydrogens (tertiary/aromatic N) is 1. The molecule has 1 aliphatic carbocycles. The lowest BCUT2D eigenvalue weighted by Crippen LogP contribution is -2.13. The van der Waals surface area contributed by atoms with E-state index in [4.69, 9.17) is 9.47 Å². The van der Waals surface area contributed by atoms with Crippen LogP contribution in [0.2, 0.25) is 0 Å². The Morgan fingerprint density at radius 1 is 1.37 bits per heavy atom. The average Bonchev–Trinajstić information content (AvgIpc) is 2.90. The molecule has 0 unspecified atom stereocenters. The summed E-state index contributed by atoms with van der Waals surface area (Å²) in [4.78, 5) is 21.5. The number of aldehydes is 1. The van der Waals surface area contributed by atoms with Gasteiger partial charge in [0.2, 0.25) is 5.75 Å². The first kappa shape index (κ1) is 13.3. The summed E-state index contributed by atoms with van der Waals surface area (Å²) in [5, 5.41) is 11.2. The molecular weight excluding hydrogens is 250 g/mol. The van der Waals surface area contributed by atoms with Gasteiger partial charge in [-0.05, 0) is 37.8 Å². The summed E-state index contributed by atoms with van der Waals surface area (Å²) in [7, 11) is 1.42. The molecule has 6 heteroatoms. The number of nitro benzene ring substituents is 1. The van der Waals surface area contributed by atoms with Crippen molar-refractivity contribution in [1.29, 1.82) is 0 Å². The zero-order valence-corrected chi connectivity index (χ0v) is 10.6. The molecule has 1 aromatic rings. The van der Waals surface area contributed by atoms with Gasteiger partial charge in [0.1, 0.15) is 0 Å². The highest BCUT2D eigenvalue weighted by molar-refractivity contribution is 5.85. The molecule has 1 saturated carbocycles. The van der Waals surface area contributed by atoms with Crippen LogP contribution in [0.5, 0.6) is 11.5 Å². The molecular formula is C13H15NO5. The van der Waals surface area contributed by atoms with Crippen molar-refractivity contribution >= 4 is 12.0 Å². The lowest BCUT2D eigenvalue weighted by molar-refractivity contribution is -0.386. The van der Waals surface area contributed by atoms with E-state index in [-0.39, 0.29) is 28.9 Å². The van der Waals surface area contributed by atoms with E-state index in [0.717, 1.165) is 25.7 Å². The Bertz CT molecular complexity index is 494. The summed E-state index contributed by atoms with van der Waals surface area (Å²) in [6.07, 6.45) is 4.24. The molecule has 19 heavy (non-hydrogen) atoms. The molecule has 0 heterocycles. The van der Waals surface area contributed by atoms with Crippen LogP contribution in [-0.2, 0) is 0 Å². The molecule has 1 fully saturated rings. The zero-order chi connectivity index (χ0) is 13.8. The smallest absolute Gasteiger partial charge is 0.325 e. The first-order valence-electron chi connectivity index (χ1n) is 6.14. The molecule has 0 atom stereocenters. The van der Waals surface area contributed by atoms with Gasteiger partial charge >= 0.3 is 5.69 Å². The summed E-state index contributed by atoms with van der Waals surface area (Å²) in [6, 6.07) is 2.88. The lowest BCUT2D eigenvalue weighted by atomic mass is 10.1. The Labute approximate surface area is 110 Å². The molecule has 0 radical (unpaired) electrons. The summed E-state index contributed by atoms with van der Waals surface area (Å²) in [5.74, 6) is 0.341. The predicted octanol–water partition coefficient (Wildman–Crippen LogP) is 2.74. The van der Waals surface area contributed by atoms with Crippen molar-refractivity contribution in [3.63, 3.8) is 0 Å². The van der Waals surface area contributed by atoms with Crippen molar-refractivity contribution in [3.05, 3.63) is 27.8 Å². The third-order valence-electron chi connectivity index (χ3n) is 3.24. The molecule has 102 valence electrons. The molecule has 0 aliphatic heterocycles. The summed E-state index contributed by atoms with van der Waals surface area (Å²) in [6.45, 7) is 0. The van der Waals surface area contributed by atoms with Gasteiger partial charge in [0.05, 0.1) is 23.7 Å². The third-order valence-corrected chi connectivity index (χ3v) is 3.24. The zero-order valence-electron chi connectivity index (χ0n) is 10.6. The quantitative estimate of drug-likeness (QED) is 0.464. The molecule has 0 bridgehead atoms. The van der Waals surface area contributed by atoms with E-state index in [1.807, 2.05) is 0 Å². The number of methoxy groups -OCH3 is 1. The van der Waals surface area contributed by atoms with Gasteiger partial charge in [0.15, 0.2) is 12.0 Å². The fourth-order valence-corrected chi connectivity index (χ4v) is 2.30. The van der Waals surface area contributed by atoms with E-state index in [1.54, 1.807) is 0 Å². The van der Waals surface area contributed by atoms with Crippen molar-refractivity contribution in [2.75, 3.05) is 7.11 Å². The highest BCUT2D eigenvalue weighted by atomic mass is 16.6. The van der Waals surface area contributed by atoms with E-state index in [9.17, 15) is 14.9 Å². The standard InChI is InChI=1S/C13H15NO5/c1-18-11-7-6-9(8-15)12(14(16)17)13(11)19-10-4-2-3-5-10/h6-8,10H,2-5H2,1H3. The molecule has 1 aromatic carbocycles. The van der Waals surface area contributed by atoms with E-state index in [2.05, 4.69) is 0 Å². The highest BCUT2D eigenvalue weighted by Gasteiger charge is 2.28. The van der Waals surface area contributed by atoms with Crippen molar-refractivity contribution in [2.45, 2.75) is 31.8 Å². The number of ether oxygens (including phenoxy) is 2. The maximum atomic E-state index is 11.2. The van der Waals surface area contributed by atoms with Crippen LogP contribution in [0.25, 0.3) is 0 Å². The lowest BCUT2D eigenvalue weighted by Gasteiger charge is -2.16. The fraction of sp³-hybridized carbons (Fsp3) is 0.462. The van der Waals surface area contributed by atoms with Crippen molar-refractivity contribution in [3.8, 4) is 11.5 Å². The number of rotatable bonds is 5. The Kier molecular flexibility index (Phi) is 3.99. The number of nitro groups is 1. The van der Waals surface area contributed by atoms with Gasteiger partial charge in [0.25, 0.3) is 0 Å². The predicted molar refractivity (Wildman–Crippen MR) is 67.9 cm³/mol. The minimum atomic E-state index is -0.601. The first-order valence-corrected chi connectivity index (χ1v) is 6.14. The molecule has 0 N–H and O–H groups in total. The van der Waals surface area contributed by atoms with Gasteiger partial charge in [-0.1, -0.05) is 0 Å². The van der Waals surface area contributed by atoms with Crippen molar-refractivity contribution in [2.24, 2.45) is 0 Å².